The van der Waals surface area contributed by atoms with Crippen molar-refractivity contribution >= 4 is 0 Å². The van der Waals surface area contributed by atoms with E-state index < -0.39 is 0 Å². The van der Waals surface area contributed by atoms with E-state index in [2.05, 4.69) is 18.9 Å². The van der Waals surface area contributed by atoms with E-state index in [0.29, 0.717) is 6.04 Å². The molecule has 2 saturated carbocycles. The van der Waals surface area contributed by atoms with Gasteiger partial charge in [-0.3, -0.25) is 0 Å². The maximum atomic E-state index is 9.76. The van der Waals surface area contributed by atoms with Gasteiger partial charge in [0.1, 0.15) is 0 Å². The van der Waals surface area contributed by atoms with Crippen LogP contribution in [0.4, 0.5) is 0 Å². The maximum Gasteiger partial charge on any atom is 0.0555 e. The smallest absolute Gasteiger partial charge is 0.0555 e. The van der Waals surface area contributed by atoms with E-state index in [4.69, 9.17) is 0 Å². The number of nitrogens with zero attached hydrogens (tertiary/aromatic N) is 1. The van der Waals surface area contributed by atoms with Crippen LogP contribution in [0.2, 0.25) is 0 Å². The van der Waals surface area contributed by atoms with Crippen LogP contribution in [0, 0.1) is 5.92 Å². The van der Waals surface area contributed by atoms with E-state index in [1.54, 1.807) is 0 Å². The van der Waals surface area contributed by atoms with E-state index in [0.717, 1.165) is 24.8 Å². The van der Waals surface area contributed by atoms with Crippen LogP contribution in [0.1, 0.15) is 51.9 Å². The van der Waals surface area contributed by atoms with Crippen molar-refractivity contribution in [2.45, 2.75) is 70.1 Å². The molecule has 0 heterocycles. The van der Waals surface area contributed by atoms with E-state index in [1.165, 1.54) is 32.1 Å². The van der Waals surface area contributed by atoms with Crippen molar-refractivity contribution in [2.75, 3.05) is 7.05 Å². The highest BCUT2D eigenvalue weighted by Gasteiger charge is 2.33. The minimum Gasteiger partial charge on any atom is -0.393 e. The average molecular weight is 211 g/mol. The van der Waals surface area contributed by atoms with Crippen molar-refractivity contribution in [1.82, 2.24) is 4.90 Å². The lowest BCUT2D eigenvalue weighted by Crippen LogP contribution is -2.46. The summed E-state index contributed by atoms with van der Waals surface area (Å²) in [7, 11) is 2.27. The summed E-state index contributed by atoms with van der Waals surface area (Å²) in [5.41, 5.74) is 0. The van der Waals surface area contributed by atoms with Gasteiger partial charge in [0.05, 0.1) is 6.10 Å². The Kier molecular flexibility index (Phi) is 3.68. The average Bonchev–Trinajstić information content (AvgIpc) is 2.74. The molecule has 0 saturated heterocycles. The number of aliphatic hydroxyl groups is 1. The highest BCUT2D eigenvalue weighted by molar-refractivity contribution is 4.88. The number of hydrogen-bond acceptors (Lipinski definition) is 2. The summed E-state index contributed by atoms with van der Waals surface area (Å²) in [6.07, 6.45) is 8.70. The third-order valence-corrected chi connectivity index (χ3v) is 4.55. The maximum absolute atomic E-state index is 9.76. The molecule has 2 heteroatoms. The molecule has 0 bridgehead atoms. The Morgan fingerprint density at radius 3 is 2.40 bits per heavy atom. The van der Waals surface area contributed by atoms with Crippen LogP contribution in [0.5, 0.6) is 0 Å². The Labute approximate surface area is 93.7 Å². The van der Waals surface area contributed by atoms with Crippen LogP contribution in [0.25, 0.3) is 0 Å². The highest BCUT2D eigenvalue weighted by atomic mass is 16.3. The lowest BCUT2D eigenvalue weighted by atomic mass is 9.83. The summed E-state index contributed by atoms with van der Waals surface area (Å²) < 4.78 is 0. The van der Waals surface area contributed by atoms with Gasteiger partial charge < -0.3 is 10.0 Å². The van der Waals surface area contributed by atoms with Gasteiger partial charge in [0, 0.05) is 12.1 Å². The normalized spacial score (nSPS) is 38.8. The fraction of sp³-hybridized carbons (Fsp3) is 1.00. The topological polar surface area (TPSA) is 23.5 Å². The number of rotatable bonds is 2. The molecule has 2 fully saturated rings. The third-order valence-electron chi connectivity index (χ3n) is 4.55. The largest absolute Gasteiger partial charge is 0.393 e. The molecule has 0 aromatic heterocycles. The van der Waals surface area contributed by atoms with E-state index >= 15 is 0 Å². The van der Waals surface area contributed by atoms with Gasteiger partial charge in [-0.05, 0) is 45.1 Å². The lowest BCUT2D eigenvalue weighted by Gasteiger charge is -2.41. The quantitative estimate of drug-likeness (QED) is 0.758. The summed E-state index contributed by atoms with van der Waals surface area (Å²) in [5.74, 6) is 0.763. The van der Waals surface area contributed by atoms with Crippen LogP contribution in [-0.4, -0.2) is 35.2 Å². The van der Waals surface area contributed by atoms with Crippen LogP contribution in [0.3, 0.4) is 0 Å². The molecule has 0 aliphatic heterocycles. The molecule has 2 aliphatic carbocycles. The Morgan fingerprint density at radius 1 is 1.07 bits per heavy atom. The number of aliphatic hydroxyl groups excluding tert-OH is 1. The van der Waals surface area contributed by atoms with Gasteiger partial charge in [-0.2, -0.15) is 0 Å². The van der Waals surface area contributed by atoms with Crippen molar-refractivity contribution < 1.29 is 5.11 Å². The van der Waals surface area contributed by atoms with Gasteiger partial charge in [-0.1, -0.05) is 19.8 Å². The highest BCUT2D eigenvalue weighted by Crippen LogP contribution is 2.32. The fourth-order valence-electron chi connectivity index (χ4n) is 3.43. The molecule has 1 N–H and O–H groups in total. The Morgan fingerprint density at radius 2 is 1.73 bits per heavy atom. The molecule has 15 heavy (non-hydrogen) atoms. The first-order chi connectivity index (χ1) is 7.18. The summed E-state index contributed by atoms with van der Waals surface area (Å²) in [6, 6.07) is 1.42. The first kappa shape index (κ1) is 11.4. The third kappa shape index (κ3) is 2.54. The van der Waals surface area contributed by atoms with Crippen LogP contribution in [0.15, 0.2) is 0 Å². The Hall–Kier alpha value is -0.0800. The lowest BCUT2D eigenvalue weighted by molar-refractivity contribution is 0.0266. The second-order valence-electron chi connectivity index (χ2n) is 5.62. The first-order valence-electron chi connectivity index (χ1n) is 6.58. The summed E-state index contributed by atoms with van der Waals surface area (Å²) in [5, 5.41) is 9.76. The first-order valence-corrected chi connectivity index (χ1v) is 6.58. The van der Waals surface area contributed by atoms with Crippen molar-refractivity contribution in [3.63, 3.8) is 0 Å². The molecular weight excluding hydrogens is 186 g/mol. The molecule has 88 valence electrons. The monoisotopic (exact) mass is 211 g/mol. The molecule has 2 rings (SSSR count). The van der Waals surface area contributed by atoms with Crippen molar-refractivity contribution in [3.8, 4) is 0 Å². The fourth-order valence-corrected chi connectivity index (χ4v) is 3.43. The van der Waals surface area contributed by atoms with Crippen LogP contribution in [-0.2, 0) is 0 Å². The molecule has 2 nitrogen and oxygen atoms in total. The van der Waals surface area contributed by atoms with Crippen molar-refractivity contribution in [3.05, 3.63) is 0 Å². The van der Waals surface area contributed by atoms with Gasteiger partial charge in [0.15, 0.2) is 0 Å². The van der Waals surface area contributed by atoms with Gasteiger partial charge >= 0.3 is 0 Å². The second-order valence-corrected chi connectivity index (χ2v) is 5.62. The van der Waals surface area contributed by atoms with Gasteiger partial charge in [-0.25, -0.2) is 0 Å². The van der Waals surface area contributed by atoms with Gasteiger partial charge in [0.25, 0.3) is 0 Å². The molecule has 3 atom stereocenters. The SMILES string of the molecule is CC1CCC(O)CC1N(C)C1CCCC1. The van der Waals surface area contributed by atoms with E-state index in [9.17, 15) is 5.11 Å². The van der Waals surface area contributed by atoms with Crippen molar-refractivity contribution in [1.29, 1.82) is 0 Å². The minimum atomic E-state index is -0.0462. The standard InChI is InChI=1S/C13H25NO/c1-10-7-8-12(15)9-13(10)14(2)11-5-3-4-6-11/h10-13,15H,3-9H2,1-2H3. The second kappa shape index (κ2) is 4.84. The number of hydrogen-bond donors (Lipinski definition) is 1. The van der Waals surface area contributed by atoms with E-state index in [-0.39, 0.29) is 6.10 Å². The molecule has 0 aromatic rings. The molecule has 2 aliphatic rings. The van der Waals surface area contributed by atoms with E-state index in [1.807, 2.05) is 0 Å². The Bertz CT molecular complexity index is 201. The zero-order valence-electron chi connectivity index (χ0n) is 10.2. The molecule has 0 amide bonds. The predicted octanol–water partition coefficient (Wildman–Crippen LogP) is 2.41. The summed E-state index contributed by atoms with van der Waals surface area (Å²) >= 11 is 0. The predicted molar refractivity (Wildman–Crippen MR) is 62.8 cm³/mol. The van der Waals surface area contributed by atoms with Crippen LogP contribution >= 0.6 is 0 Å². The molecular formula is C13H25NO. The summed E-state index contributed by atoms with van der Waals surface area (Å²) in [6.45, 7) is 2.35. The molecule has 3 unspecified atom stereocenters. The van der Waals surface area contributed by atoms with Gasteiger partial charge in [-0.15, -0.1) is 0 Å². The Balaban J connectivity index is 1.94. The summed E-state index contributed by atoms with van der Waals surface area (Å²) in [4.78, 5) is 2.57. The molecule has 0 aromatic carbocycles. The molecule has 0 radical (unpaired) electrons. The zero-order chi connectivity index (χ0) is 10.8. The van der Waals surface area contributed by atoms with Crippen molar-refractivity contribution in [2.24, 2.45) is 5.92 Å². The minimum absolute atomic E-state index is 0.0462. The van der Waals surface area contributed by atoms with Gasteiger partial charge in [0.2, 0.25) is 0 Å². The zero-order valence-corrected chi connectivity index (χ0v) is 10.2. The molecule has 0 spiro atoms. The van der Waals surface area contributed by atoms with Crippen LogP contribution < -0.4 is 0 Å².